The third kappa shape index (κ3) is 7.17. The molecule has 1 aromatic carbocycles. The summed E-state index contributed by atoms with van der Waals surface area (Å²) in [6, 6.07) is 11.2. The minimum absolute atomic E-state index is 0. The van der Waals surface area contributed by atoms with Crippen LogP contribution in [0.2, 0.25) is 0 Å². The lowest BCUT2D eigenvalue weighted by molar-refractivity contribution is 0.0172. The lowest BCUT2D eigenvalue weighted by Gasteiger charge is -2.47. The molecular formula is C32H41F3N6O2S. The Bertz CT molecular complexity index is 1500. The van der Waals surface area contributed by atoms with Gasteiger partial charge < -0.3 is 9.80 Å². The zero-order chi connectivity index (χ0) is 30.1. The first-order valence-corrected chi connectivity index (χ1v) is 16.8. The summed E-state index contributed by atoms with van der Waals surface area (Å²) in [7, 11) is -3.88. The largest absolute Gasteiger partial charge is 0.371 e. The molecule has 8 nitrogen and oxygen atoms in total. The third-order valence-corrected chi connectivity index (χ3v) is 11.3. The molecule has 3 aromatic rings. The molecule has 238 valence electrons. The van der Waals surface area contributed by atoms with Gasteiger partial charge in [-0.1, -0.05) is 12.1 Å². The van der Waals surface area contributed by atoms with Crippen LogP contribution in [0.3, 0.4) is 0 Å². The van der Waals surface area contributed by atoms with E-state index in [1.807, 2.05) is 18.5 Å². The second-order valence-corrected chi connectivity index (χ2v) is 14.3. The zero-order valence-corrected chi connectivity index (χ0v) is 25.9. The molecule has 0 radical (unpaired) electrons. The van der Waals surface area contributed by atoms with Crippen molar-refractivity contribution in [3.05, 3.63) is 72.3 Å². The molecule has 0 bridgehead atoms. The van der Waals surface area contributed by atoms with E-state index < -0.39 is 15.9 Å². The van der Waals surface area contributed by atoms with Gasteiger partial charge in [-0.05, 0) is 87.1 Å². The fourth-order valence-electron chi connectivity index (χ4n) is 6.49. The molecule has 0 amide bonds. The van der Waals surface area contributed by atoms with Gasteiger partial charge in [0, 0.05) is 81.2 Å². The van der Waals surface area contributed by atoms with Crippen molar-refractivity contribution in [3.63, 3.8) is 0 Å². The first-order valence-electron chi connectivity index (χ1n) is 15.4. The number of hydrogen-bond donors (Lipinski definition) is 0. The lowest BCUT2D eigenvalue weighted by Crippen LogP contribution is -2.47. The van der Waals surface area contributed by atoms with E-state index in [1.165, 1.54) is 41.0 Å². The summed E-state index contributed by atoms with van der Waals surface area (Å²) in [6.45, 7) is 5.11. The van der Waals surface area contributed by atoms with Crippen molar-refractivity contribution in [2.45, 2.75) is 75.2 Å². The SMILES string of the molecule is CC(F)(F)c1cccc(S(=O)(=O)N(CCCc2ccnc(N3CCC4(CCN(c5ccncc5)CC4)CC3)n2)C2CC2)c1.F. The summed E-state index contributed by atoms with van der Waals surface area (Å²) in [6.07, 6.45) is 12.9. The monoisotopic (exact) mass is 630 g/mol. The van der Waals surface area contributed by atoms with Crippen LogP contribution >= 0.6 is 0 Å². The van der Waals surface area contributed by atoms with Crippen molar-refractivity contribution >= 4 is 21.7 Å². The average Bonchev–Trinajstić information content (AvgIpc) is 3.86. The number of aromatic nitrogens is 3. The van der Waals surface area contributed by atoms with Crippen LogP contribution in [0.15, 0.2) is 66.0 Å². The number of aryl methyl sites for hydroxylation is 1. The van der Waals surface area contributed by atoms with Gasteiger partial charge in [0.2, 0.25) is 16.0 Å². The first-order chi connectivity index (χ1) is 20.6. The van der Waals surface area contributed by atoms with E-state index in [0.29, 0.717) is 24.8 Å². The van der Waals surface area contributed by atoms with Crippen LogP contribution in [0.1, 0.15) is 63.1 Å². The highest BCUT2D eigenvalue weighted by atomic mass is 32.2. The molecule has 1 saturated carbocycles. The molecule has 6 rings (SSSR count). The van der Waals surface area contributed by atoms with Crippen LogP contribution < -0.4 is 9.80 Å². The maximum atomic E-state index is 13.9. The van der Waals surface area contributed by atoms with Crippen molar-refractivity contribution < 1.29 is 21.9 Å². The maximum Gasteiger partial charge on any atom is 0.270 e. The van der Waals surface area contributed by atoms with Crippen molar-refractivity contribution in [1.29, 1.82) is 0 Å². The molecule has 3 fully saturated rings. The lowest BCUT2D eigenvalue weighted by atomic mass is 9.71. The van der Waals surface area contributed by atoms with Gasteiger partial charge in [-0.3, -0.25) is 9.69 Å². The Morgan fingerprint density at radius 1 is 0.955 bits per heavy atom. The van der Waals surface area contributed by atoms with E-state index in [1.54, 1.807) is 6.20 Å². The Balaban J connectivity index is 0.00000384. The molecule has 4 heterocycles. The highest BCUT2D eigenvalue weighted by Crippen LogP contribution is 2.42. The summed E-state index contributed by atoms with van der Waals surface area (Å²) in [5.74, 6) is -2.36. The van der Waals surface area contributed by atoms with Crippen LogP contribution in [-0.4, -0.2) is 66.4 Å². The van der Waals surface area contributed by atoms with Gasteiger partial charge in [0.05, 0.1) is 4.90 Å². The molecule has 2 saturated heterocycles. The summed E-state index contributed by atoms with van der Waals surface area (Å²) in [5.41, 5.74) is 2.22. The van der Waals surface area contributed by atoms with Crippen LogP contribution in [0.5, 0.6) is 0 Å². The summed E-state index contributed by atoms with van der Waals surface area (Å²) in [4.78, 5) is 18.2. The Labute approximate surface area is 257 Å². The second kappa shape index (κ2) is 13.0. The smallest absolute Gasteiger partial charge is 0.270 e. The summed E-state index contributed by atoms with van der Waals surface area (Å²) >= 11 is 0. The van der Waals surface area contributed by atoms with Gasteiger partial charge in [-0.2, -0.15) is 4.31 Å². The predicted molar refractivity (Wildman–Crippen MR) is 165 cm³/mol. The number of hydrogen-bond acceptors (Lipinski definition) is 7. The fourth-order valence-corrected chi connectivity index (χ4v) is 8.26. The number of anilines is 2. The minimum Gasteiger partial charge on any atom is -0.371 e. The van der Waals surface area contributed by atoms with E-state index in [-0.39, 0.29) is 21.2 Å². The van der Waals surface area contributed by atoms with Gasteiger partial charge in [0.25, 0.3) is 5.92 Å². The minimum atomic E-state index is -3.88. The molecule has 1 spiro atoms. The number of nitrogens with zero attached hydrogens (tertiary/aromatic N) is 6. The van der Waals surface area contributed by atoms with Crippen LogP contribution in [0.4, 0.5) is 25.1 Å². The summed E-state index contributed by atoms with van der Waals surface area (Å²) < 4.78 is 56.2. The molecule has 2 aromatic heterocycles. The predicted octanol–water partition coefficient (Wildman–Crippen LogP) is 5.81. The molecule has 12 heteroatoms. The number of halogens is 3. The molecule has 3 aliphatic rings. The Hall–Kier alpha value is -3.25. The van der Waals surface area contributed by atoms with E-state index in [9.17, 15) is 17.2 Å². The fraction of sp³-hybridized carbons (Fsp3) is 0.531. The molecule has 0 unspecified atom stereocenters. The Kier molecular flexibility index (Phi) is 9.50. The normalized spacial score (nSPS) is 18.8. The highest BCUT2D eigenvalue weighted by Gasteiger charge is 2.39. The molecular weight excluding hydrogens is 589 g/mol. The second-order valence-electron chi connectivity index (χ2n) is 12.4. The van der Waals surface area contributed by atoms with E-state index in [2.05, 4.69) is 31.9 Å². The highest BCUT2D eigenvalue weighted by molar-refractivity contribution is 7.89. The maximum absolute atomic E-state index is 13.9. The van der Waals surface area contributed by atoms with Crippen molar-refractivity contribution in [2.24, 2.45) is 5.41 Å². The molecule has 0 atom stereocenters. The number of piperidine rings is 2. The average molecular weight is 631 g/mol. The molecule has 1 aliphatic carbocycles. The van der Waals surface area contributed by atoms with Gasteiger partial charge in [0.15, 0.2) is 0 Å². The Morgan fingerprint density at radius 2 is 1.61 bits per heavy atom. The van der Waals surface area contributed by atoms with E-state index >= 15 is 0 Å². The van der Waals surface area contributed by atoms with Crippen molar-refractivity contribution in [2.75, 3.05) is 42.5 Å². The number of benzene rings is 1. The van der Waals surface area contributed by atoms with Crippen molar-refractivity contribution in [3.8, 4) is 0 Å². The standard InChI is InChI=1S/C32H40F2N6O2S.FH/c1-31(33,34)25-4-2-6-29(24-25)43(41,42)40(28-7-8-28)19-3-5-26-9-18-36-30(37-26)39-22-14-32(15-23-39)12-20-38(21-13-32)27-10-16-35-17-11-27;/h2,4,6,9-11,16-18,24,28H,3,5,7-8,12-15,19-23H2,1H3;1H. The number of alkyl halides is 2. The quantitative estimate of drug-likeness (QED) is 0.280. The molecule has 44 heavy (non-hydrogen) atoms. The van der Waals surface area contributed by atoms with Crippen LogP contribution in [0.25, 0.3) is 0 Å². The zero-order valence-electron chi connectivity index (χ0n) is 25.1. The van der Waals surface area contributed by atoms with Gasteiger partial charge in [-0.25, -0.2) is 27.2 Å². The number of pyridine rings is 1. The first kappa shape index (κ1) is 32.2. The van der Waals surface area contributed by atoms with Gasteiger partial charge in [0.1, 0.15) is 0 Å². The Morgan fingerprint density at radius 3 is 2.25 bits per heavy atom. The van der Waals surface area contributed by atoms with Crippen molar-refractivity contribution in [1.82, 2.24) is 19.3 Å². The molecule has 0 N–H and O–H groups in total. The molecule has 2 aliphatic heterocycles. The van der Waals surface area contributed by atoms with Crippen LogP contribution in [0, 0.1) is 5.41 Å². The van der Waals surface area contributed by atoms with Gasteiger partial charge in [-0.15, -0.1) is 0 Å². The topological polar surface area (TPSA) is 82.5 Å². The third-order valence-electron chi connectivity index (χ3n) is 9.37. The summed E-state index contributed by atoms with van der Waals surface area (Å²) in [5, 5.41) is 0. The number of rotatable bonds is 10. The van der Waals surface area contributed by atoms with Crippen LogP contribution in [-0.2, 0) is 22.4 Å². The van der Waals surface area contributed by atoms with E-state index in [4.69, 9.17) is 4.98 Å². The number of sulfonamides is 1. The van der Waals surface area contributed by atoms with Gasteiger partial charge >= 0.3 is 0 Å². The van der Waals surface area contributed by atoms with E-state index in [0.717, 1.165) is 76.5 Å².